The van der Waals surface area contributed by atoms with Crippen LogP contribution in [0, 0.1) is 0 Å². The van der Waals surface area contributed by atoms with Crippen molar-refractivity contribution in [2.75, 3.05) is 6.54 Å². The van der Waals surface area contributed by atoms with Gasteiger partial charge in [-0.2, -0.15) is 0 Å². The van der Waals surface area contributed by atoms with Crippen molar-refractivity contribution in [3.63, 3.8) is 0 Å². The van der Waals surface area contributed by atoms with E-state index in [1.54, 1.807) is 6.92 Å². The fourth-order valence-electron chi connectivity index (χ4n) is 1.19. The molecule has 17 heavy (non-hydrogen) atoms. The number of carboxylic acids is 1. The lowest BCUT2D eigenvalue weighted by atomic mass is 10.2. The van der Waals surface area contributed by atoms with Gasteiger partial charge in [0.15, 0.2) is 0 Å². The van der Waals surface area contributed by atoms with Crippen molar-refractivity contribution < 1.29 is 28.2 Å². The highest BCUT2D eigenvalue weighted by Gasteiger charge is 2.19. The van der Waals surface area contributed by atoms with Gasteiger partial charge in [0.1, 0.15) is 11.9 Å². The Morgan fingerprint density at radius 2 is 2.18 bits per heavy atom. The fraction of sp³-hybridized carbons (Fsp3) is 0.500. The average molecular weight is 249 g/mol. The predicted octanol–water partition coefficient (Wildman–Crippen LogP) is 1.25. The van der Waals surface area contributed by atoms with Crippen molar-refractivity contribution in [2.24, 2.45) is 0 Å². The zero-order valence-electron chi connectivity index (χ0n) is 9.06. The third kappa shape index (κ3) is 3.79. The lowest BCUT2D eigenvalue weighted by Gasteiger charge is -2.14. The van der Waals surface area contributed by atoms with Crippen molar-refractivity contribution in [1.29, 1.82) is 0 Å². The molecule has 0 saturated carbocycles. The molecule has 0 aliphatic carbocycles. The van der Waals surface area contributed by atoms with Gasteiger partial charge in [-0.1, -0.05) is 0 Å². The molecule has 96 valence electrons. The zero-order valence-corrected chi connectivity index (χ0v) is 9.06. The Hall–Kier alpha value is -1.47. The highest BCUT2D eigenvalue weighted by atomic mass is 19.3. The molecule has 1 heterocycles. The summed E-state index contributed by atoms with van der Waals surface area (Å²) in [7, 11) is 0. The molecule has 1 rings (SSSR count). The quantitative estimate of drug-likeness (QED) is 0.706. The van der Waals surface area contributed by atoms with Crippen molar-refractivity contribution in [3.05, 3.63) is 23.7 Å². The van der Waals surface area contributed by atoms with Gasteiger partial charge in [0.05, 0.1) is 6.04 Å². The molecule has 0 aliphatic heterocycles. The number of rotatable bonds is 6. The Labute approximate surface area is 96.0 Å². The minimum absolute atomic E-state index is 0.219. The Balaban J connectivity index is 2.52. The number of aliphatic hydroxyl groups is 1. The van der Waals surface area contributed by atoms with Gasteiger partial charge in [0.25, 0.3) is 6.43 Å². The van der Waals surface area contributed by atoms with Crippen LogP contribution in [0.2, 0.25) is 0 Å². The maximum absolute atomic E-state index is 12.0. The van der Waals surface area contributed by atoms with Gasteiger partial charge in [-0.25, -0.2) is 13.6 Å². The lowest BCUT2D eigenvalue weighted by molar-refractivity contribution is -0.00469. The second-order valence-electron chi connectivity index (χ2n) is 3.54. The standard InChI is InChI=1S/C10H13F2NO4/c1-5(13-4-6(14)9(11)12)7-2-3-8(17-7)10(15)16/h2-3,5-6,9,13-14H,4H2,1H3,(H,15,16). The van der Waals surface area contributed by atoms with Gasteiger partial charge < -0.3 is 19.9 Å². The number of carbonyl (C=O) groups is 1. The van der Waals surface area contributed by atoms with Crippen LogP contribution in [0.25, 0.3) is 0 Å². The molecule has 1 aromatic rings. The Bertz CT molecular complexity index is 380. The van der Waals surface area contributed by atoms with Crippen LogP contribution in [0.3, 0.4) is 0 Å². The third-order valence-corrected chi connectivity index (χ3v) is 2.19. The molecule has 7 heteroatoms. The van der Waals surface area contributed by atoms with E-state index in [0.29, 0.717) is 5.76 Å². The van der Waals surface area contributed by atoms with Crippen LogP contribution in [0.15, 0.2) is 16.5 Å². The van der Waals surface area contributed by atoms with E-state index in [-0.39, 0.29) is 12.3 Å². The number of aliphatic hydroxyl groups excluding tert-OH is 1. The number of aromatic carboxylic acids is 1. The molecular formula is C10H13F2NO4. The van der Waals surface area contributed by atoms with Gasteiger partial charge in [-0.15, -0.1) is 0 Å². The number of hydrogen-bond acceptors (Lipinski definition) is 4. The molecule has 0 saturated heterocycles. The van der Waals surface area contributed by atoms with Crippen molar-refractivity contribution in [3.8, 4) is 0 Å². The minimum atomic E-state index is -2.82. The average Bonchev–Trinajstić information content (AvgIpc) is 2.74. The number of alkyl halides is 2. The maximum Gasteiger partial charge on any atom is 0.371 e. The second kappa shape index (κ2) is 5.74. The van der Waals surface area contributed by atoms with E-state index in [1.165, 1.54) is 12.1 Å². The van der Waals surface area contributed by atoms with Crippen LogP contribution in [-0.2, 0) is 0 Å². The van der Waals surface area contributed by atoms with Gasteiger partial charge in [0, 0.05) is 6.54 Å². The van der Waals surface area contributed by atoms with Crippen LogP contribution < -0.4 is 5.32 Å². The first kappa shape index (κ1) is 13.6. The van der Waals surface area contributed by atoms with E-state index < -0.39 is 24.5 Å². The first-order valence-corrected chi connectivity index (χ1v) is 4.94. The molecule has 5 nitrogen and oxygen atoms in total. The number of nitrogens with one attached hydrogen (secondary N) is 1. The van der Waals surface area contributed by atoms with E-state index >= 15 is 0 Å². The minimum Gasteiger partial charge on any atom is -0.475 e. The topological polar surface area (TPSA) is 82.7 Å². The summed E-state index contributed by atoms with van der Waals surface area (Å²) in [6.07, 6.45) is -4.58. The van der Waals surface area contributed by atoms with Crippen molar-refractivity contribution in [1.82, 2.24) is 5.32 Å². The lowest BCUT2D eigenvalue weighted by Crippen LogP contribution is -2.33. The monoisotopic (exact) mass is 249 g/mol. The first-order valence-electron chi connectivity index (χ1n) is 4.94. The van der Waals surface area contributed by atoms with E-state index in [0.717, 1.165) is 0 Å². The number of halogens is 2. The Morgan fingerprint density at radius 1 is 1.53 bits per heavy atom. The van der Waals surface area contributed by atoms with E-state index in [4.69, 9.17) is 14.6 Å². The van der Waals surface area contributed by atoms with Crippen LogP contribution in [0.4, 0.5) is 8.78 Å². The third-order valence-electron chi connectivity index (χ3n) is 2.19. The summed E-state index contributed by atoms with van der Waals surface area (Å²) in [6, 6.07) is 2.26. The molecule has 0 radical (unpaired) electrons. The first-order chi connectivity index (χ1) is 7.91. The molecule has 2 unspecified atom stereocenters. The molecule has 3 N–H and O–H groups in total. The SMILES string of the molecule is CC(NCC(O)C(F)F)c1ccc(C(=O)O)o1. The predicted molar refractivity (Wildman–Crippen MR) is 54.1 cm³/mol. The number of furan rings is 1. The van der Waals surface area contributed by atoms with Gasteiger partial charge >= 0.3 is 5.97 Å². The fourth-order valence-corrected chi connectivity index (χ4v) is 1.19. The van der Waals surface area contributed by atoms with E-state index in [9.17, 15) is 13.6 Å². The normalized spacial score (nSPS) is 14.9. The largest absolute Gasteiger partial charge is 0.475 e. The van der Waals surface area contributed by atoms with Crippen LogP contribution >= 0.6 is 0 Å². The molecule has 0 fully saturated rings. The van der Waals surface area contributed by atoms with E-state index in [2.05, 4.69) is 5.32 Å². The number of carboxylic acid groups (broad SMARTS) is 1. The number of hydrogen-bond donors (Lipinski definition) is 3. The highest BCUT2D eigenvalue weighted by molar-refractivity contribution is 5.84. The Kier molecular flexibility index (Phi) is 4.59. The summed E-state index contributed by atoms with van der Waals surface area (Å²) in [5.41, 5.74) is 0. The van der Waals surface area contributed by atoms with Crippen LogP contribution in [-0.4, -0.2) is 35.3 Å². The maximum atomic E-state index is 12.0. The molecule has 0 spiro atoms. The molecule has 2 atom stereocenters. The van der Waals surface area contributed by atoms with Gasteiger partial charge in [-0.3, -0.25) is 0 Å². The summed E-state index contributed by atoms with van der Waals surface area (Å²) in [6.45, 7) is 1.31. The van der Waals surface area contributed by atoms with E-state index in [1.807, 2.05) is 0 Å². The van der Waals surface area contributed by atoms with Crippen molar-refractivity contribution >= 4 is 5.97 Å². The summed E-state index contributed by atoms with van der Waals surface area (Å²) < 4.78 is 29.0. The second-order valence-corrected chi connectivity index (χ2v) is 3.54. The summed E-state index contributed by atoms with van der Waals surface area (Å²) in [5.74, 6) is -1.11. The molecule has 1 aromatic heterocycles. The molecule has 0 aromatic carbocycles. The molecular weight excluding hydrogens is 236 g/mol. The van der Waals surface area contributed by atoms with Crippen LogP contribution in [0.1, 0.15) is 29.3 Å². The zero-order chi connectivity index (χ0) is 13.0. The highest BCUT2D eigenvalue weighted by Crippen LogP contribution is 2.16. The molecule has 0 bridgehead atoms. The van der Waals surface area contributed by atoms with Crippen LogP contribution in [0.5, 0.6) is 0 Å². The Morgan fingerprint density at radius 3 is 2.65 bits per heavy atom. The summed E-state index contributed by atoms with van der Waals surface area (Å²) >= 11 is 0. The van der Waals surface area contributed by atoms with Crippen molar-refractivity contribution in [2.45, 2.75) is 25.5 Å². The summed E-state index contributed by atoms with van der Waals surface area (Å²) in [5, 5.41) is 20.1. The molecule has 0 amide bonds. The molecule has 0 aliphatic rings. The smallest absolute Gasteiger partial charge is 0.371 e. The van der Waals surface area contributed by atoms with Gasteiger partial charge in [0.2, 0.25) is 5.76 Å². The van der Waals surface area contributed by atoms with Gasteiger partial charge in [-0.05, 0) is 19.1 Å². The summed E-state index contributed by atoms with van der Waals surface area (Å²) in [4.78, 5) is 10.5.